The molecular weight excluding hydrogens is 203 g/mol. The molecule has 0 aromatic heterocycles. The van der Waals surface area contributed by atoms with E-state index in [1.165, 1.54) is 6.07 Å². The Balaban J connectivity index is 1.99. The maximum Gasteiger partial charge on any atom is 0.125 e. The van der Waals surface area contributed by atoms with E-state index in [0.717, 1.165) is 31.6 Å². The zero-order chi connectivity index (χ0) is 11.5. The van der Waals surface area contributed by atoms with Crippen LogP contribution in [-0.2, 0) is 0 Å². The van der Waals surface area contributed by atoms with Gasteiger partial charge < -0.3 is 9.80 Å². The molecule has 0 radical (unpaired) electrons. The Morgan fingerprint density at radius 3 is 2.50 bits per heavy atom. The monoisotopic (exact) mass is 222 g/mol. The van der Waals surface area contributed by atoms with E-state index in [2.05, 4.69) is 23.9 Å². The maximum atomic E-state index is 13.1. The normalized spacial score (nSPS) is 18.1. The number of benzene rings is 1. The second-order valence-electron chi connectivity index (χ2n) is 4.66. The number of hydrogen-bond donors (Lipinski definition) is 0. The van der Waals surface area contributed by atoms with Crippen LogP contribution in [0.1, 0.15) is 12.8 Å². The summed E-state index contributed by atoms with van der Waals surface area (Å²) in [6.45, 7) is 2.04. The summed E-state index contributed by atoms with van der Waals surface area (Å²) in [4.78, 5) is 4.55. The molecule has 1 saturated heterocycles. The summed E-state index contributed by atoms with van der Waals surface area (Å²) in [5.41, 5.74) is 1.01. The topological polar surface area (TPSA) is 6.48 Å². The third-order valence-electron chi connectivity index (χ3n) is 3.37. The van der Waals surface area contributed by atoms with Gasteiger partial charge in [-0.3, -0.25) is 0 Å². The van der Waals surface area contributed by atoms with Gasteiger partial charge in [-0.15, -0.1) is 0 Å². The van der Waals surface area contributed by atoms with E-state index in [-0.39, 0.29) is 5.82 Å². The molecule has 1 aliphatic rings. The van der Waals surface area contributed by atoms with Gasteiger partial charge in [0.15, 0.2) is 0 Å². The molecular formula is C13H19FN2. The van der Waals surface area contributed by atoms with Gasteiger partial charge in [0.1, 0.15) is 5.82 Å². The van der Waals surface area contributed by atoms with E-state index in [9.17, 15) is 4.39 Å². The SMILES string of the molecule is CN(C)C1CCN(c2cccc(F)c2)CC1. The van der Waals surface area contributed by atoms with E-state index < -0.39 is 0 Å². The summed E-state index contributed by atoms with van der Waals surface area (Å²) >= 11 is 0. The summed E-state index contributed by atoms with van der Waals surface area (Å²) in [5.74, 6) is -0.146. The summed E-state index contributed by atoms with van der Waals surface area (Å²) in [5, 5.41) is 0. The fourth-order valence-corrected chi connectivity index (χ4v) is 2.31. The molecule has 1 aromatic carbocycles. The molecule has 0 saturated carbocycles. The highest BCUT2D eigenvalue weighted by atomic mass is 19.1. The average Bonchev–Trinajstić information content (AvgIpc) is 2.29. The Hall–Kier alpha value is -1.09. The highest BCUT2D eigenvalue weighted by molar-refractivity contribution is 5.46. The van der Waals surface area contributed by atoms with Crippen molar-refractivity contribution in [3.05, 3.63) is 30.1 Å². The number of anilines is 1. The van der Waals surface area contributed by atoms with Gasteiger partial charge in [-0.1, -0.05) is 6.07 Å². The highest BCUT2D eigenvalue weighted by Gasteiger charge is 2.20. The molecule has 1 heterocycles. The largest absolute Gasteiger partial charge is 0.371 e. The first-order valence-electron chi connectivity index (χ1n) is 5.84. The standard InChI is InChI=1S/C13H19FN2/c1-15(2)12-6-8-16(9-7-12)13-5-3-4-11(14)10-13/h3-5,10,12H,6-9H2,1-2H3. The van der Waals surface area contributed by atoms with E-state index in [0.29, 0.717) is 6.04 Å². The van der Waals surface area contributed by atoms with Crippen LogP contribution in [0.4, 0.5) is 10.1 Å². The van der Waals surface area contributed by atoms with Gasteiger partial charge in [-0.25, -0.2) is 4.39 Å². The lowest BCUT2D eigenvalue weighted by atomic mass is 10.0. The second-order valence-corrected chi connectivity index (χ2v) is 4.66. The van der Waals surface area contributed by atoms with Crippen molar-refractivity contribution in [3.8, 4) is 0 Å². The van der Waals surface area contributed by atoms with E-state index in [4.69, 9.17) is 0 Å². The van der Waals surface area contributed by atoms with Gasteiger partial charge in [0.05, 0.1) is 0 Å². The van der Waals surface area contributed by atoms with Gasteiger partial charge >= 0.3 is 0 Å². The summed E-state index contributed by atoms with van der Waals surface area (Å²) in [7, 11) is 4.25. The van der Waals surface area contributed by atoms with Crippen molar-refractivity contribution in [3.63, 3.8) is 0 Å². The molecule has 2 nitrogen and oxygen atoms in total. The maximum absolute atomic E-state index is 13.1. The molecule has 0 bridgehead atoms. The minimum atomic E-state index is -0.146. The Bertz CT molecular complexity index is 344. The summed E-state index contributed by atoms with van der Waals surface area (Å²) < 4.78 is 13.1. The molecule has 16 heavy (non-hydrogen) atoms. The quantitative estimate of drug-likeness (QED) is 0.758. The van der Waals surface area contributed by atoms with Crippen LogP contribution in [0.15, 0.2) is 24.3 Å². The van der Waals surface area contributed by atoms with Crippen LogP contribution in [-0.4, -0.2) is 38.1 Å². The molecule has 0 spiro atoms. The summed E-state index contributed by atoms with van der Waals surface area (Å²) in [6, 6.07) is 7.55. The van der Waals surface area contributed by atoms with Crippen LogP contribution < -0.4 is 4.90 Å². The lowest BCUT2D eigenvalue weighted by Gasteiger charge is -2.36. The zero-order valence-electron chi connectivity index (χ0n) is 9.99. The molecule has 1 aromatic rings. The highest BCUT2D eigenvalue weighted by Crippen LogP contribution is 2.22. The first-order valence-corrected chi connectivity index (χ1v) is 5.84. The first-order chi connectivity index (χ1) is 7.66. The lowest BCUT2D eigenvalue weighted by Crippen LogP contribution is -2.41. The molecule has 1 fully saturated rings. The van der Waals surface area contributed by atoms with Crippen LogP contribution in [0.2, 0.25) is 0 Å². The second kappa shape index (κ2) is 4.83. The van der Waals surface area contributed by atoms with Crippen molar-refractivity contribution >= 4 is 5.69 Å². The van der Waals surface area contributed by atoms with Crippen LogP contribution in [0.5, 0.6) is 0 Å². The number of halogens is 1. The molecule has 3 heteroatoms. The van der Waals surface area contributed by atoms with Crippen LogP contribution in [0.25, 0.3) is 0 Å². The Morgan fingerprint density at radius 1 is 1.25 bits per heavy atom. The molecule has 0 aliphatic carbocycles. The van der Waals surface area contributed by atoms with Gasteiger partial charge in [-0.05, 0) is 45.1 Å². The Kier molecular flexibility index (Phi) is 3.44. The predicted octanol–water partition coefficient (Wildman–Crippen LogP) is 2.36. The molecule has 0 atom stereocenters. The number of hydrogen-bond acceptors (Lipinski definition) is 2. The molecule has 0 unspecified atom stereocenters. The average molecular weight is 222 g/mol. The number of nitrogens with zero attached hydrogens (tertiary/aromatic N) is 2. The van der Waals surface area contributed by atoms with Crippen molar-refractivity contribution in [1.82, 2.24) is 4.90 Å². The third kappa shape index (κ3) is 2.53. The van der Waals surface area contributed by atoms with Crippen molar-refractivity contribution < 1.29 is 4.39 Å². The van der Waals surface area contributed by atoms with Crippen LogP contribution >= 0.6 is 0 Å². The van der Waals surface area contributed by atoms with Gasteiger partial charge in [0, 0.05) is 24.8 Å². The third-order valence-corrected chi connectivity index (χ3v) is 3.37. The Morgan fingerprint density at radius 2 is 1.94 bits per heavy atom. The first kappa shape index (κ1) is 11.4. The van der Waals surface area contributed by atoms with Gasteiger partial charge in [-0.2, -0.15) is 0 Å². The minimum Gasteiger partial charge on any atom is -0.371 e. The molecule has 88 valence electrons. The summed E-state index contributed by atoms with van der Waals surface area (Å²) in [6.07, 6.45) is 2.31. The van der Waals surface area contributed by atoms with Gasteiger partial charge in [0.25, 0.3) is 0 Å². The van der Waals surface area contributed by atoms with Crippen molar-refractivity contribution in [1.29, 1.82) is 0 Å². The number of piperidine rings is 1. The van der Waals surface area contributed by atoms with E-state index >= 15 is 0 Å². The smallest absolute Gasteiger partial charge is 0.125 e. The molecule has 0 N–H and O–H groups in total. The van der Waals surface area contributed by atoms with Crippen LogP contribution in [0, 0.1) is 5.82 Å². The lowest BCUT2D eigenvalue weighted by molar-refractivity contribution is 0.249. The zero-order valence-corrected chi connectivity index (χ0v) is 9.99. The molecule has 2 rings (SSSR count). The van der Waals surface area contributed by atoms with Crippen molar-refractivity contribution in [2.75, 3.05) is 32.1 Å². The predicted molar refractivity (Wildman–Crippen MR) is 65.3 cm³/mol. The fraction of sp³-hybridized carbons (Fsp3) is 0.538. The van der Waals surface area contributed by atoms with Crippen LogP contribution in [0.3, 0.4) is 0 Å². The van der Waals surface area contributed by atoms with Crippen molar-refractivity contribution in [2.45, 2.75) is 18.9 Å². The fourth-order valence-electron chi connectivity index (χ4n) is 2.31. The van der Waals surface area contributed by atoms with E-state index in [1.807, 2.05) is 6.07 Å². The molecule has 0 amide bonds. The minimum absolute atomic E-state index is 0.146. The van der Waals surface area contributed by atoms with E-state index in [1.54, 1.807) is 12.1 Å². The van der Waals surface area contributed by atoms with Crippen molar-refractivity contribution in [2.24, 2.45) is 0 Å². The van der Waals surface area contributed by atoms with Gasteiger partial charge in [0.2, 0.25) is 0 Å². The molecule has 1 aliphatic heterocycles. The number of rotatable bonds is 2. The Labute approximate surface area is 96.7 Å².